The standard InChI is InChI=1S/C14H12F2N4O4S/c15-14(16)5-20-4-7(1-8(21)22)19-13(23)12-9(20)10(24-14)11(25-12)6-2-17-18-3-6/h2-3,7H,1,4-5H2,(H,17,18)(H,19,23)(H,21,22)/t7-/m0/s1. The highest BCUT2D eigenvalue weighted by Crippen LogP contribution is 2.52. The quantitative estimate of drug-likeness (QED) is 0.756. The number of anilines is 1. The molecule has 4 rings (SSSR count). The number of nitrogens with zero attached hydrogens (tertiary/aromatic N) is 2. The van der Waals surface area contributed by atoms with Gasteiger partial charge >= 0.3 is 12.1 Å². The van der Waals surface area contributed by atoms with Crippen LogP contribution in [0.1, 0.15) is 16.1 Å². The van der Waals surface area contributed by atoms with Gasteiger partial charge in [-0.2, -0.15) is 13.9 Å². The maximum absolute atomic E-state index is 14.1. The molecule has 0 saturated heterocycles. The van der Waals surface area contributed by atoms with Gasteiger partial charge in [-0.25, -0.2) is 0 Å². The van der Waals surface area contributed by atoms with Crippen molar-refractivity contribution in [2.45, 2.75) is 18.6 Å². The first-order valence-electron chi connectivity index (χ1n) is 7.34. The van der Waals surface area contributed by atoms with Crippen LogP contribution in [-0.2, 0) is 4.79 Å². The Balaban J connectivity index is 1.83. The SMILES string of the molecule is O=C(O)C[C@H]1CN2CC(F)(F)Oc3c(-c4cn[nH]c4)sc(c32)C(=O)N1. The van der Waals surface area contributed by atoms with Gasteiger partial charge in [-0.15, -0.1) is 11.3 Å². The van der Waals surface area contributed by atoms with Crippen molar-refractivity contribution in [1.82, 2.24) is 15.5 Å². The molecule has 25 heavy (non-hydrogen) atoms. The zero-order valence-electron chi connectivity index (χ0n) is 12.6. The van der Waals surface area contributed by atoms with E-state index in [1.807, 2.05) is 0 Å². The second-order valence-electron chi connectivity index (χ2n) is 5.81. The first-order chi connectivity index (χ1) is 11.8. The van der Waals surface area contributed by atoms with Crippen LogP contribution in [-0.4, -0.2) is 52.4 Å². The number of aliphatic carboxylic acids is 1. The summed E-state index contributed by atoms with van der Waals surface area (Å²) in [5.74, 6) is -1.70. The van der Waals surface area contributed by atoms with Gasteiger partial charge in [0, 0.05) is 18.3 Å². The second-order valence-corrected chi connectivity index (χ2v) is 6.83. The Hall–Kier alpha value is -2.69. The largest absolute Gasteiger partial charge is 0.481 e. The Bertz CT molecular complexity index is 851. The molecule has 4 heterocycles. The van der Waals surface area contributed by atoms with Crippen molar-refractivity contribution in [2.24, 2.45) is 0 Å². The molecule has 8 nitrogen and oxygen atoms in total. The van der Waals surface area contributed by atoms with E-state index in [2.05, 4.69) is 15.5 Å². The van der Waals surface area contributed by atoms with Crippen LogP contribution in [0.15, 0.2) is 12.4 Å². The predicted octanol–water partition coefficient (Wildman–Crippen LogP) is 1.52. The number of H-pyrrole nitrogens is 1. The number of thiophene rings is 1. The van der Waals surface area contributed by atoms with Gasteiger partial charge < -0.3 is 20.1 Å². The summed E-state index contributed by atoms with van der Waals surface area (Å²) in [7, 11) is 0. The van der Waals surface area contributed by atoms with Gasteiger partial charge in [0.2, 0.25) is 0 Å². The molecule has 132 valence electrons. The molecular weight excluding hydrogens is 358 g/mol. The normalized spacial score (nSPS) is 21.1. The third-order valence-electron chi connectivity index (χ3n) is 3.95. The molecule has 0 saturated carbocycles. The van der Waals surface area contributed by atoms with Crippen LogP contribution >= 0.6 is 11.3 Å². The molecule has 2 aromatic rings. The molecule has 3 N–H and O–H groups in total. The number of alkyl halides is 2. The minimum Gasteiger partial charge on any atom is -0.481 e. The topological polar surface area (TPSA) is 108 Å². The number of carboxylic acid groups (broad SMARTS) is 1. The number of halogens is 2. The lowest BCUT2D eigenvalue weighted by molar-refractivity contribution is -0.171. The summed E-state index contributed by atoms with van der Waals surface area (Å²) < 4.78 is 33.1. The van der Waals surface area contributed by atoms with Crippen LogP contribution in [0.3, 0.4) is 0 Å². The maximum Gasteiger partial charge on any atom is 0.416 e. The van der Waals surface area contributed by atoms with Crippen LogP contribution in [0.25, 0.3) is 10.4 Å². The van der Waals surface area contributed by atoms with E-state index < -0.39 is 30.6 Å². The molecule has 0 aromatic carbocycles. The molecule has 2 aliphatic rings. The summed E-state index contributed by atoms with van der Waals surface area (Å²) in [6.45, 7) is -0.793. The van der Waals surface area contributed by atoms with Crippen LogP contribution < -0.4 is 15.0 Å². The molecule has 1 atom stereocenters. The summed E-state index contributed by atoms with van der Waals surface area (Å²) >= 11 is 1.01. The van der Waals surface area contributed by atoms with Crippen molar-refractivity contribution in [3.05, 3.63) is 17.3 Å². The van der Waals surface area contributed by atoms with Crippen molar-refractivity contribution >= 4 is 28.9 Å². The van der Waals surface area contributed by atoms with Gasteiger partial charge in [0.25, 0.3) is 5.91 Å². The van der Waals surface area contributed by atoms with E-state index in [0.29, 0.717) is 10.4 Å². The van der Waals surface area contributed by atoms with Crippen molar-refractivity contribution in [1.29, 1.82) is 0 Å². The maximum atomic E-state index is 14.1. The molecule has 0 aliphatic carbocycles. The molecule has 11 heteroatoms. The number of ether oxygens (including phenoxy) is 1. The lowest BCUT2D eigenvalue weighted by Crippen LogP contribution is -2.49. The summed E-state index contributed by atoms with van der Waals surface area (Å²) in [6, 6.07) is -0.774. The van der Waals surface area contributed by atoms with E-state index in [9.17, 15) is 18.4 Å². The predicted molar refractivity (Wildman–Crippen MR) is 83.2 cm³/mol. The van der Waals surface area contributed by atoms with Gasteiger partial charge in [-0.05, 0) is 0 Å². The first-order valence-corrected chi connectivity index (χ1v) is 8.16. The van der Waals surface area contributed by atoms with Crippen LogP contribution in [0.4, 0.5) is 14.5 Å². The molecule has 1 amide bonds. The number of hydrogen-bond donors (Lipinski definition) is 3. The third kappa shape index (κ3) is 2.69. The number of amides is 1. The summed E-state index contributed by atoms with van der Waals surface area (Å²) in [5.41, 5.74) is 0.804. The number of carbonyl (C=O) groups is 2. The highest BCUT2D eigenvalue weighted by molar-refractivity contribution is 7.18. The molecule has 2 aliphatic heterocycles. The first kappa shape index (κ1) is 15.8. The Labute approximate surface area is 143 Å². The monoisotopic (exact) mass is 370 g/mol. The fourth-order valence-electron chi connectivity index (χ4n) is 3.04. The zero-order chi connectivity index (χ0) is 17.8. The molecule has 0 fully saturated rings. The summed E-state index contributed by atoms with van der Waals surface area (Å²) in [5, 5.41) is 17.9. The lowest BCUT2D eigenvalue weighted by Gasteiger charge is -2.35. The lowest BCUT2D eigenvalue weighted by atomic mass is 10.1. The van der Waals surface area contributed by atoms with Crippen molar-refractivity contribution in [3.8, 4) is 16.2 Å². The number of aromatic amines is 1. The van der Waals surface area contributed by atoms with E-state index in [1.165, 1.54) is 17.3 Å². The van der Waals surface area contributed by atoms with E-state index in [4.69, 9.17) is 9.84 Å². The Morgan fingerprint density at radius 2 is 2.32 bits per heavy atom. The van der Waals surface area contributed by atoms with Crippen LogP contribution in [0.2, 0.25) is 0 Å². The minimum atomic E-state index is -3.45. The van der Waals surface area contributed by atoms with Crippen LogP contribution in [0.5, 0.6) is 5.75 Å². The number of carbonyl (C=O) groups excluding carboxylic acids is 1. The van der Waals surface area contributed by atoms with Gasteiger partial charge in [0.1, 0.15) is 17.1 Å². The van der Waals surface area contributed by atoms with Gasteiger partial charge in [0.05, 0.1) is 23.5 Å². The highest BCUT2D eigenvalue weighted by Gasteiger charge is 2.47. The fraction of sp³-hybridized carbons (Fsp3) is 0.357. The third-order valence-corrected chi connectivity index (χ3v) is 5.15. The zero-order valence-corrected chi connectivity index (χ0v) is 13.4. The van der Waals surface area contributed by atoms with Gasteiger partial charge in [-0.1, -0.05) is 0 Å². The van der Waals surface area contributed by atoms with Gasteiger partial charge in [0.15, 0.2) is 5.75 Å². The highest BCUT2D eigenvalue weighted by atomic mass is 32.1. The molecule has 0 radical (unpaired) electrons. The molecule has 0 bridgehead atoms. The Morgan fingerprint density at radius 3 is 3.00 bits per heavy atom. The van der Waals surface area contributed by atoms with Gasteiger partial charge in [-0.3, -0.25) is 14.7 Å². The molecule has 0 unspecified atom stereocenters. The van der Waals surface area contributed by atoms with E-state index in [1.54, 1.807) is 0 Å². The molecule has 0 spiro atoms. The number of aromatic nitrogens is 2. The van der Waals surface area contributed by atoms with Crippen molar-refractivity contribution in [3.63, 3.8) is 0 Å². The summed E-state index contributed by atoms with van der Waals surface area (Å²) in [6.07, 6.45) is -0.834. The number of carboxylic acids is 1. The number of rotatable bonds is 3. The molecular formula is C14H12F2N4O4S. The second kappa shape index (κ2) is 5.41. The van der Waals surface area contributed by atoms with Crippen molar-refractivity contribution < 1.29 is 28.2 Å². The smallest absolute Gasteiger partial charge is 0.416 e. The number of hydrogen-bond acceptors (Lipinski definition) is 6. The fourth-order valence-corrected chi connectivity index (χ4v) is 4.17. The van der Waals surface area contributed by atoms with Crippen molar-refractivity contribution in [2.75, 3.05) is 18.0 Å². The average molecular weight is 370 g/mol. The van der Waals surface area contributed by atoms with E-state index >= 15 is 0 Å². The number of nitrogens with one attached hydrogen (secondary N) is 2. The Morgan fingerprint density at radius 1 is 1.52 bits per heavy atom. The Kier molecular flexibility index (Phi) is 3.42. The van der Waals surface area contributed by atoms with E-state index in [-0.39, 0.29) is 29.3 Å². The summed E-state index contributed by atoms with van der Waals surface area (Å²) in [4.78, 5) is 25.4. The average Bonchev–Trinajstić information content (AvgIpc) is 3.09. The van der Waals surface area contributed by atoms with E-state index in [0.717, 1.165) is 11.3 Å². The molecule has 2 aromatic heterocycles. The minimum absolute atomic E-state index is 0.0431. The van der Waals surface area contributed by atoms with Crippen LogP contribution in [0, 0.1) is 0 Å².